The number of nitrogens with zero attached hydrogens (tertiary/aromatic N) is 1. The van der Waals surface area contributed by atoms with E-state index < -0.39 is 0 Å². The number of hydrogen-bond acceptors (Lipinski definition) is 3. The fourth-order valence-electron chi connectivity index (χ4n) is 3.35. The van der Waals surface area contributed by atoms with Gasteiger partial charge in [-0.05, 0) is 45.3 Å². The number of ketones is 1. The van der Waals surface area contributed by atoms with Crippen LogP contribution >= 0.6 is 0 Å². The van der Waals surface area contributed by atoms with Crippen molar-refractivity contribution in [1.82, 2.24) is 10.2 Å². The predicted octanol–water partition coefficient (Wildman–Crippen LogP) is 3.11. The molecule has 0 saturated carbocycles. The van der Waals surface area contributed by atoms with E-state index in [1.54, 1.807) is 0 Å². The van der Waals surface area contributed by atoms with Gasteiger partial charge in [-0.15, -0.1) is 0 Å². The monoisotopic (exact) mass is 288 g/mol. The number of Topliss-reactive ketones (excluding diaryl/α,β-unsaturated/α-hetero) is 1. The van der Waals surface area contributed by atoms with Gasteiger partial charge in [0.2, 0.25) is 0 Å². The van der Waals surface area contributed by atoms with E-state index in [1.807, 2.05) is 30.3 Å². The minimum atomic E-state index is 0.0236. The summed E-state index contributed by atoms with van der Waals surface area (Å²) in [6.07, 6.45) is 4.29. The molecular weight excluding hydrogens is 260 g/mol. The second-order valence-electron chi connectivity index (χ2n) is 5.87. The molecule has 3 heteroatoms. The zero-order valence-corrected chi connectivity index (χ0v) is 13.3. The Morgan fingerprint density at radius 1 is 1.24 bits per heavy atom. The number of nitrogens with one attached hydrogen (secondary N) is 1. The molecule has 0 radical (unpaired) electrons. The van der Waals surface area contributed by atoms with Crippen LogP contribution in [0.4, 0.5) is 0 Å². The average Bonchev–Trinajstić information content (AvgIpc) is 2.56. The predicted molar refractivity (Wildman–Crippen MR) is 87.7 cm³/mol. The molecule has 2 rings (SSSR count). The summed E-state index contributed by atoms with van der Waals surface area (Å²) in [6, 6.07) is 10.3. The molecule has 0 spiro atoms. The molecule has 1 heterocycles. The van der Waals surface area contributed by atoms with Crippen LogP contribution in [0.2, 0.25) is 0 Å². The van der Waals surface area contributed by atoms with Crippen molar-refractivity contribution in [2.45, 2.75) is 51.6 Å². The zero-order valence-electron chi connectivity index (χ0n) is 13.3. The van der Waals surface area contributed by atoms with Crippen LogP contribution in [0, 0.1) is 0 Å². The normalized spacial score (nSPS) is 17.9. The number of rotatable bonds is 7. The molecule has 1 fully saturated rings. The van der Waals surface area contributed by atoms with Crippen molar-refractivity contribution in [3.05, 3.63) is 35.9 Å². The number of benzene rings is 1. The molecule has 3 nitrogen and oxygen atoms in total. The van der Waals surface area contributed by atoms with Crippen LogP contribution in [0.5, 0.6) is 0 Å². The highest BCUT2D eigenvalue weighted by Gasteiger charge is 2.30. The van der Waals surface area contributed by atoms with Crippen LogP contribution in [0.1, 0.15) is 49.9 Å². The van der Waals surface area contributed by atoms with Gasteiger partial charge in [-0.1, -0.05) is 44.2 Å². The topological polar surface area (TPSA) is 32.3 Å². The maximum atomic E-state index is 12.9. The van der Waals surface area contributed by atoms with Crippen molar-refractivity contribution >= 4 is 5.78 Å². The summed E-state index contributed by atoms with van der Waals surface area (Å²) < 4.78 is 0. The van der Waals surface area contributed by atoms with E-state index in [1.165, 1.54) is 0 Å². The lowest BCUT2D eigenvalue weighted by atomic mass is 9.95. The Morgan fingerprint density at radius 3 is 2.48 bits per heavy atom. The molecule has 1 aromatic rings. The minimum Gasteiger partial charge on any atom is -0.317 e. The SMILES string of the molecule is CCCN(C1CCNCC1)C(CC)C(=O)c1ccccc1. The maximum absolute atomic E-state index is 12.9. The number of hydrogen-bond donors (Lipinski definition) is 1. The standard InChI is InChI=1S/C18H28N2O/c1-3-14-20(16-10-12-19-13-11-16)17(4-2)18(21)15-8-6-5-7-9-15/h5-9,16-17,19H,3-4,10-14H2,1-2H3. The van der Waals surface area contributed by atoms with Gasteiger partial charge in [0, 0.05) is 11.6 Å². The first kappa shape index (κ1) is 16.2. The largest absolute Gasteiger partial charge is 0.317 e. The summed E-state index contributed by atoms with van der Waals surface area (Å²) in [7, 11) is 0. The van der Waals surface area contributed by atoms with E-state index in [0.29, 0.717) is 6.04 Å². The lowest BCUT2D eigenvalue weighted by Gasteiger charge is -2.39. The van der Waals surface area contributed by atoms with Gasteiger partial charge in [-0.3, -0.25) is 9.69 Å². The summed E-state index contributed by atoms with van der Waals surface area (Å²) in [6.45, 7) is 7.49. The molecule has 0 aliphatic carbocycles. The van der Waals surface area contributed by atoms with Gasteiger partial charge < -0.3 is 5.32 Å². The van der Waals surface area contributed by atoms with Crippen molar-refractivity contribution in [2.24, 2.45) is 0 Å². The first-order valence-electron chi connectivity index (χ1n) is 8.33. The third-order valence-corrected chi connectivity index (χ3v) is 4.41. The van der Waals surface area contributed by atoms with Gasteiger partial charge in [-0.2, -0.15) is 0 Å². The Balaban J connectivity index is 2.16. The first-order chi connectivity index (χ1) is 10.3. The molecule has 1 atom stereocenters. The maximum Gasteiger partial charge on any atom is 0.179 e. The summed E-state index contributed by atoms with van der Waals surface area (Å²) >= 11 is 0. The molecule has 116 valence electrons. The van der Waals surface area contributed by atoms with Crippen molar-refractivity contribution in [2.75, 3.05) is 19.6 Å². The number of carbonyl (C=O) groups is 1. The van der Waals surface area contributed by atoms with Gasteiger partial charge in [0.15, 0.2) is 5.78 Å². The number of carbonyl (C=O) groups excluding carboxylic acids is 1. The first-order valence-corrected chi connectivity index (χ1v) is 8.33. The van der Waals surface area contributed by atoms with Gasteiger partial charge in [-0.25, -0.2) is 0 Å². The molecule has 0 amide bonds. The summed E-state index contributed by atoms with van der Waals surface area (Å²) in [4.78, 5) is 15.3. The summed E-state index contributed by atoms with van der Waals surface area (Å²) in [5, 5.41) is 3.42. The quantitative estimate of drug-likeness (QED) is 0.782. The van der Waals surface area contributed by atoms with E-state index in [0.717, 1.165) is 50.9 Å². The lowest BCUT2D eigenvalue weighted by Crippen LogP contribution is -2.51. The van der Waals surface area contributed by atoms with E-state index >= 15 is 0 Å². The second kappa shape index (κ2) is 8.30. The Bertz CT molecular complexity index is 426. The molecule has 1 aliphatic rings. The fraction of sp³-hybridized carbons (Fsp3) is 0.611. The molecule has 0 aromatic heterocycles. The third-order valence-electron chi connectivity index (χ3n) is 4.41. The van der Waals surface area contributed by atoms with Crippen LogP contribution in [0.3, 0.4) is 0 Å². The Kier molecular flexibility index (Phi) is 6.40. The molecule has 1 N–H and O–H groups in total. The van der Waals surface area contributed by atoms with Crippen molar-refractivity contribution in [3.63, 3.8) is 0 Å². The van der Waals surface area contributed by atoms with Gasteiger partial charge in [0.05, 0.1) is 6.04 Å². The minimum absolute atomic E-state index is 0.0236. The fourth-order valence-corrected chi connectivity index (χ4v) is 3.35. The van der Waals surface area contributed by atoms with Crippen LogP contribution in [0.15, 0.2) is 30.3 Å². The Labute approximate surface area is 128 Å². The number of piperidine rings is 1. The molecule has 1 aromatic carbocycles. The van der Waals surface area contributed by atoms with Crippen LogP contribution in [0.25, 0.3) is 0 Å². The zero-order chi connectivity index (χ0) is 15.1. The Hall–Kier alpha value is -1.19. The van der Waals surface area contributed by atoms with Crippen LogP contribution in [-0.4, -0.2) is 42.4 Å². The molecule has 0 bridgehead atoms. The highest BCUT2D eigenvalue weighted by atomic mass is 16.1. The van der Waals surface area contributed by atoms with E-state index in [-0.39, 0.29) is 11.8 Å². The molecule has 21 heavy (non-hydrogen) atoms. The van der Waals surface area contributed by atoms with Crippen molar-refractivity contribution < 1.29 is 4.79 Å². The van der Waals surface area contributed by atoms with Crippen molar-refractivity contribution in [3.8, 4) is 0 Å². The summed E-state index contributed by atoms with van der Waals surface area (Å²) in [5.41, 5.74) is 0.847. The van der Waals surface area contributed by atoms with Crippen LogP contribution < -0.4 is 5.32 Å². The Morgan fingerprint density at radius 2 is 1.90 bits per heavy atom. The molecule has 1 unspecified atom stereocenters. The molecule has 1 aliphatic heterocycles. The molecular formula is C18H28N2O. The summed E-state index contributed by atoms with van der Waals surface area (Å²) in [5.74, 6) is 0.282. The highest BCUT2D eigenvalue weighted by molar-refractivity contribution is 6.00. The second-order valence-corrected chi connectivity index (χ2v) is 5.87. The highest BCUT2D eigenvalue weighted by Crippen LogP contribution is 2.20. The van der Waals surface area contributed by atoms with Gasteiger partial charge in [0.1, 0.15) is 0 Å². The van der Waals surface area contributed by atoms with Crippen molar-refractivity contribution in [1.29, 1.82) is 0 Å². The average molecular weight is 288 g/mol. The molecule has 1 saturated heterocycles. The smallest absolute Gasteiger partial charge is 0.179 e. The van der Waals surface area contributed by atoms with Gasteiger partial charge >= 0.3 is 0 Å². The van der Waals surface area contributed by atoms with Gasteiger partial charge in [0.25, 0.3) is 0 Å². The van der Waals surface area contributed by atoms with E-state index in [4.69, 9.17) is 0 Å². The third kappa shape index (κ3) is 4.14. The lowest BCUT2D eigenvalue weighted by molar-refractivity contribution is 0.0666. The van der Waals surface area contributed by atoms with Crippen LogP contribution in [-0.2, 0) is 0 Å². The van der Waals surface area contributed by atoms with E-state index in [2.05, 4.69) is 24.1 Å². The van der Waals surface area contributed by atoms with E-state index in [9.17, 15) is 4.79 Å².